The molecule has 5 N–H and O–H groups in total. The van der Waals surface area contributed by atoms with Crippen molar-refractivity contribution in [1.82, 2.24) is 15.6 Å². The second-order valence-corrected chi connectivity index (χ2v) is 9.19. The molecular weight excluding hydrogens is 530 g/mol. The van der Waals surface area contributed by atoms with E-state index in [9.17, 15) is 28.3 Å². The van der Waals surface area contributed by atoms with E-state index in [0.29, 0.717) is 41.6 Å². The summed E-state index contributed by atoms with van der Waals surface area (Å²) in [5.74, 6) is -3.76. The first-order valence-electron chi connectivity index (χ1n) is 12.7. The third-order valence-corrected chi connectivity index (χ3v) is 6.35. The molecule has 0 aliphatic carbocycles. The van der Waals surface area contributed by atoms with E-state index in [1.807, 2.05) is 0 Å². The molecule has 4 rings (SSSR count). The lowest BCUT2D eigenvalue weighted by Crippen LogP contribution is -2.52. The number of hydrogen-bond acceptors (Lipinski definition) is 7. The highest BCUT2D eigenvalue weighted by molar-refractivity contribution is 6.16. The molecule has 0 bridgehead atoms. The molecule has 1 aliphatic heterocycles. The maximum atomic E-state index is 13.4. The van der Waals surface area contributed by atoms with Gasteiger partial charge in [-0.05, 0) is 42.0 Å². The summed E-state index contributed by atoms with van der Waals surface area (Å²) < 4.78 is 37.2. The van der Waals surface area contributed by atoms with E-state index in [2.05, 4.69) is 15.6 Å². The van der Waals surface area contributed by atoms with Crippen molar-refractivity contribution in [3.05, 3.63) is 65.4 Å². The first kappa shape index (κ1) is 29.1. The van der Waals surface area contributed by atoms with Crippen molar-refractivity contribution < 1.29 is 42.9 Å². The molecule has 1 aliphatic rings. The van der Waals surface area contributed by atoms with Gasteiger partial charge in [0.05, 0.1) is 33.0 Å². The molecule has 0 spiro atoms. The summed E-state index contributed by atoms with van der Waals surface area (Å²) in [6.07, 6.45) is -0.177. The van der Waals surface area contributed by atoms with Gasteiger partial charge in [-0.3, -0.25) is 14.4 Å². The zero-order chi connectivity index (χ0) is 28.7. The number of halogens is 2. The smallest absolute Gasteiger partial charge is 0.268 e. The number of aliphatic hydroxyl groups excluding tert-OH is 1. The maximum absolute atomic E-state index is 13.4. The number of anilines is 1. The van der Waals surface area contributed by atoms with Gasteiger partial charge in [-0.1, -0.05) is 0 Å². The Morgan fingerprint density at radius 2 is 1.73 bits per heavy atom. The van der Waals surface area contributed by atoms with E-state index in [1.165, 1.54) is 4.90 Å². The molecule has 0 radical (unpaired) electrons. The number of nitrogens with zero attached hydrogens (tertiary/aromatic N) is 1. The van der Waals surface area contributed by atoms with Crippen LogP contribution in [0.1, 0.15) is 22.5 Å². The van der Waals surface area contributed by atoms with E-state index in [1.54, 1.807) is 24.3 Å². The minimum absolute atomic E-state index is 0.0564. The van der Waals surface area contributed by atoms with Gasteiger partial charge in [-0.2, -0.15) is 0 Å². The molecule has 13 heteroatoms. The summed E-state index contributed by atoms with van der Waals surface area (Å²) in [6.45, 7) is 1.22. The van der Waals surface area contributed by atoms with Crippen molar-refractivity contribution in [3.63, 3.8) is 0 Å². The Balaban J connectivity index is 1.33. The Hall–Kier alpha value is -3.91. The molecular formula is C27H30F2N4O7. The van der Waals surface area contributed by atoms with Crippen LogP contribution in [0.25, 0.3) is 10.9 Å². The molecule has 2 aromatic carbocycles. The lowest BCUT2D eigenvalue weighted by Gasteiger charge is -2.22. The molecule has 11 nitrogen and oxygen atoms in total. The third kappa shape index (κ3) is 6.80. The van der Waals surface area contributed by atoms with Crippen LogP contribution in [0.15, 0.2) is 42.5 Å². The number of hydrogen-bond donors (Lipinski definition) is 5. The summed E-state index contributed by atoms with van der Waals surface area (Å²) in [6, 6.07) is 9.38. The Kier molecular flexibility index (Phi) is 9.42. The molecule has 3 amide bonds. The molecule has 0 saturated carbocycles. The van der Waals surface area contributed by atoms with Gasteiger partial charge in [0.15, 0.2) is 0 Å². The molecule has 1 aromatic heterocycles. The number of amides is 3. The van der Waals surface area contributed by atoms with Gasteiger partial charge in [0.25, 0.3) is 17.7 Å². The largest absolute Gasteiger partial charge is 0.394 e. The summed E-state index contributed by atoms with van der Waals surface area (Å²) in [5, 5.41) is 25.3. The van der Waals surface area contributed by atoms with Crippen LogP contribution >= 0.6 is 0 Å². The van der Waals surface area contributed by atoms with Crippen LogP contribution in [0.5, 0.6) is 0 Å². The Labute approximate surface area is 228 Å². The zero-order valence-electron chi connectivity index (χ0n) is 21.5. The van der Waals surface area contributed by atoms with Crippen LogP contribution in [0, 0.1) is 11.6 Å². The quantitative estimate of drug-likeness (QED) is 0.154. The van der Waals surface area contributed by atoms with Crippen LogP contribution < -0.4 is 15.5 Å². The van der Waals surface area contributed by atoms with Crippen LogP contribution in [0.4, 0.5) is 14.5 Å². The Bertz CT molecular complexity index is 1360. The maximum Gasteiger partial charge on any atom is 0.268 e. The number of nitrogens with one attached hydrogen (secondary N) is 3. The highest BCUT2D eigenvalue weighted by Gasteiger charge is 2.51. The van der Waals surface area contributed by atoms with Gasteiger partial charge >= 0.3 is 0 Å². The molecule has 2 heterocycles. The Morgan fingerprint density at radius 3 is 2.45 bits per heavy atom. The molecule has 214 valence electrons. The number of rotatable bonds is 13. The fraction of sp³-hybridized carbons (Fsp3) is 0.370. The van der Waals surface area contributed by atoms with Crippen molar-refractivity contribution in [2.75, 3.05) is 51.0 Å². The number of carbonyl (C=O) groups excluding carboxylic acids is 3. The topological polar surface area (TPSA) is 153 Å². The number of fused-ring (bicyclic) bond motifs is 1. The number of ether oxygens (including phenoxy) is 2. The van der Waals surface area contributed by atoms with Gasteiger partial charge < -0.3 is 40.2 Å². The standard InChI is InChI=1S/C27H30F2N4O7/c28-19-11-17(12-20(29)15-19)16-31-25(36)27(38)3-5-33(26(27)37)21-1-2-22-18(13-21)14-23(32-22)24(35)30-4-7-39-9-10-40-8-6-34/h1-2,11-15,32,34,38H,3-10,16H2,(H,30,35)(H,31,36). The average Bonchev–Trinajstić information content (AvgIpc) is 3.49. The first-order valence-corrected chi connectivity index (χ1v) is 12.7. The number of benzene rings is 2. The first-order chi connectivity index (χ1) is 19.2. The number of aliphatic hydroxyl groups is 2. The fourth-order valence-electron chi connectivity index (χ4n) is 4.33. The van der Waals surface area contributed by atoms with Gasteiger partial charge in [0.1, 0.15) is 17.3 Å². The molecule has 1 atom stereocenters. The monoisotopic (exact) mass is 560 g/mol. The average molecular weight is 561 g/mol. The second kappa shape index (κ2) is 13.0. The lowest BCUT2D eigenvalue weighted by atomic mass is 10.0. The van der Waals surface area contributed by atoms with E-state index in [0.717, 1.165) is 12.1 Å². The van der Waals surface area contributed by atoms with Gasteiger partial charge in [0, 0.05) is 48.7 Å². The van der Waals surface area contributed by atoms with Crippen molar-refractivity contribution >= 4 is 34.3 Å². The summed E-state index contributed by atoms with van der Waals surface area (Å²) in [4.78, 5) is 42.6. The van der Waals surface area contributed by atoms with E-state index >= 15 is 0 Å². The molecule has 40 heavy (non-hydrogen) atoms. The highest BCUT2D eigenvalue weighted by Crippen LogP contribution is 2.31. The minimum Gasteiger partial charge on any atom is -0.394 e. The number of aromatic amines is 1. The van der Waals surface area contributed by atoms with Crippen LogP contribution in [-0.2, 0) is 25.6 Å². The molecule has 3 aromatic rings. The Morgan fingerprint density at radius 1 is 1.00 bits per heavy atom. The minimum atomic E-state index is -2.34. The molecule has 1 unspecified atom stereocenters. The summed E-state index contributed by atoms with van der Waals surface area (Å²) in [5.41, 5.74) is -0.817. The van der Waals surface area contributed by atoms with Gasteiger partial charge in [0.2, 0.25) is 5.60 Å². The second-order valence-electron chi connectivity index (χ2n) is 9.19. The van der Waals surface area contributed by atoms with Crippen LogP contribution in [0.3, 0.4) is 0 Å². The van der Waals surface area contributed by atoms with Crippen molar-refractivity contribution in [2.45, 2.75) is 18.6 Å². The van der Waals surface area contributed by atoms with E-state index in [-0.39, 0.29) is 57.3 Å². The van der Waals surface area contributed by atoms with Gasteiger partial charge in [-0.25, -0.2) is 8.78 Å². The van der Waals surface area contributed by atoms with Crippen molar-refractivity contribution in [2.24, 2.45) is 0 Å². The van der Waals surface area contributed by atoms with Crippen LogP contribution in [0.2, 0.25) is 0 Å². The number of H-pyrrole nitrogens is 1. The fourth-order valence-corrected chi connectivity index (χ4v) is 4.33. The SMILES string of the molecule is O=C(NCCOCCOCCO)c1cc2cc(N3CCC(O)(C(=O)NCc4cc(F)cc(F)c4)C3=O)ccc2[nH]1. The van der Waals surface area contributed by atoms with Crippen LogP contribution in [-0.4, -0.2) is 84.6 Å². The predicted octanol–water partition coefficient (Wildman–Crippen LogP) is 0.986. The normalized spacial score (nSPS) is 17.0. The van der Waals surface area contributed by atoms with E-state index < -0.39 is 29.0 Å². The molecule has 1 fully saturated rings. The van der Waals surface area contributed by atoms with Crippen molar-refractivity contribution in [1.29, 1.82) is 0 Å². The summed E-state index contributed by atoms with van der Waals surface area (Å²) in [7, 11) is 0. The van der Waals surface area contributed by atoms with Crippen molar-refractivity contribution in [3.8, 4) is 0 Å². The molecule has 1 saturated heterocycles. The number of carbonyl (C=O) groups is 3. The summed E-state index contributed by atoms with van der Waals surface area (Å²) >= 11 is 0. The third-order valence-electron chi connectivity index (χ3n) is 6.35. The predicted molar refractivity (Wildman–Crippen MR) is 139 cm³/mol. The number of aromatic nitrogens is 1. The van der Waals surface area contributed by atoms with E-state index in [4.69, 9.17) is 14.6 Å². The zero-order valence-corrected chi connectivity index (χ0v) is 21.5. The van der Waals surface area contributed by atoms with Gasteiger partial charge in [-0.15, -0.1) is 0 Å². The lowest BCUT2D eigenvalue weighted by molar-refractivity contribution is -0.149. The highest BCUT2D eigenvalue weighted by atomic mass is 19.1.